The molecule has 0 aliphatic heterocycles. The van der Waals surface area contributed by atoms with E-state index in [9.17, 15) is 52.7 Å². The summed E-state index contributed by atoms with van der Waals surface area (Å²) in [4.78, 5) is 0. The zero-order valence-electron chi connectivity index (χ0n) is 12.5. The van der Waals surface area contributed by atoms with Gasteiger partial charge in [-0.1, -0.05) is 26.2 Å². The molecule has 144 valence electrons. The molecule has 0 saturated carbocycles. The molecule has 0 nitrogen and oxygen atoms in total. The van der Waals surface area contributed by atoms with Crippen molar-refractivity contribution in [1.82, 2.24) is 0 Å². The van der Waals surface area contributed by atoms with Crippen molar-refractivity contribution in [2.75, 3.05) is 0 Å². The van der Waals surface area contributed by atoms with Crippen LogP contribution in [0.25, 0.3) is 0 Å². The number of halogens is 12. The summed E-state index contributed by atoms with van der Waals surface area (Å²) in [6.45, 7) is 1.38. The number of hydrogen-bond acceptors (Lipinski definition) is 0. The van der Waals surface area contributed by atoms with Gasteiger partial charge in [0.25, 0.3) is 11.1 Å². The molecule has 0 bridgehead atoms. The Balaban J connectivity index is 6.38. The van der Waals surface area contributed by atoms with E-state index in [0.29, 0.717) is 26.2 Å². The van der Waals surface area contributed by atoms with Crippen LogP contribution in [0.1, 0.15) is 0 Å². The van der Waals surface area contributed by atoms with Gasteiger partial charge in [-0.05, 0) is 0 Å². The summed E-state index contributed by atoms with van der Waals surface area (Å²) < 4.78 is 160. The SMILES string of the molecule is C[Si](C)C(F)(F)C(F)(F)C(F)(F)C(F)(F)C(F)(F)C(F)(F)[Si](C)C. The van der Waals surface area contributed by atoms with Crippen LogP contribution in [0.5, 0.6) is 0 Å². The second-order valence-electron chi connectivity index (χ2n) is 5.45. The van der Waals surface area contributed by atoms with Crippen LogP contribution in [-0.4, -0.2) is 52.4 Å². The van der Waals surface area contributed by atoms with Gasteiger partial charge >= 0.3 is 23.7 Å². The molecule has 0 saturated heterocycles. The zero-order valence-corrected chi connectivity index (χ0v) is 14.5. The Morgan fingerprint density at radius 3 is 0.667 bits per heavy atom. The van der Waals surface area contributed by atoms with Gasteiger partial charge in [0, 0.05) is 0 Å². The quantitative estimate of drug-likeness (QED) is 0.386. The average Bonchev–Trinajstić information content (AvgIpc) is 2.36. The molecule has 24 heavy (non-hydrogen) atoms. The van der Waals surface area contributed by atoms with Crippen molar-refractivity contribution >= 4 is 17.6 Å². The van der Waals surface area contributed by atoms with Crippen LogP contribution in [0.3, 0.4) is 0 Å². The molecule has 0 atom stereocenters. The van der Waals surface area contributed by atoms with Crippen LogP contribution in [-0.2, 0) is 0 Å². The third-order valence-corrected chi connectivity index (χ3v) is 6.37. The van der Waals surface area contributed by atoms with E-state index in [4.69, 9.17) is 0 Å². The van der Waals surface area contributed by atoms with Crippen molar-refractivity contribution in [3.63, 3.8) is 0 Å². The largest absolute Gasteiger partial charge is 0.384 e. The van der Waals surface area contributed by atoms with Crippen molar-refractivity contribution in [3.8, 4) is 0 Å². The Hall–Kier alpha value is -0.406. The van der Waals surface area contributed by atoms with Gasteiger partial charge in [0.2, 0.25) is 0 Å². The van der Waals surface area contributed by atoms with Gasteiger partial charge < -0.3 is 0 Å². The van der Waals surface area contributed by atoms with Crippen molar-refractivity contribution in [2.45, 2.75) is 61.0 Å². The molecule has 14 heteroatoms. The second kappa shape index (κ2) is 6.09. The first kappa shape index (κ1) is 23.6. The Morgan fingerprint density at radius 2 is 0.542 bits per heavy atom. The number of alkyl halides is 12. The summed E-state index contributed by atoms with van der Waals surface area (Å²) in [5.74, 6) is -28.8. The smallest absolute Gasteiger partial charge is 0.205 e. The van der Waals surface area contributed by atoms with E-state index in [1.165, 1.54) is 0 Å². The van der Waals surface area contributed by atoms with E-state index < -0.39 is 52.4 Å². The third kappa shape index (κ3) is 2.86. The zero-order chi connectivity index (χ0) is 20.2. The maximum Gasteiger partial charge on any atom is 0.384 e. The molecule has 2 radical (unpaired) electrons. The standard InChI is InChI=1S/C10H12F12Si2/c1-23(2)9(19,20)7(15,16)5(11,12)6(13,14)8(17,18)10(21,22)24(3)4/h1-4H3. The van der Waals surface area contributed by atoms with Gasteiger partial charge in [0.15, 0.2) is 0 Å². The summed E-state index contributed by atoms with van der Waals surface area (Å²) in [6.07, 6.45) is 0. The fraction of sp³-hybridized carbons (Fsp3) is 1.00. The van der Waals surface area contributed by atoms with E-state index in [1.807, 2.05) is 0 Å². The lowest BCUT2D eigenvalue weighted by Crippen LogP contribution is -2.73. The third-order valence-electron chi connectivity index (χ3n) is 3.23. The van der Waals surface area contributed by atoms with Gasteiger partial charge in [-0.15, -0.1) is 0 Å². The Kier molecular flexibility index (Phi) is 5.99. The molecule has 0 N–H and O–H groups in total. The monoisotopic (exact) mass is 416 g/mol. The molecule has 0 heterocycles. The molecular formula is C10H12F12Si2. The summed E-state index contributed by atoms with van der Waals surface area (Å²) in [5, 5.41) is 0. The maximum atomic E-state index is 13.4. The fourth-order valence-corrected chi connectivity index (χ4v) is 2.99. The minimum absolute atomic E-state index is 0.346. The van der Waals surface area contributed by atoms with Crippen LogP contribution in [0.15, 0.2) is 0 Å². The van der Waals surface area contributed by atoms with Gasteiger partial charge in [-0.25, -0.2) is 17.6 Å². The lowest BCUT2D eigenvalue weighted by Gasteiger charge is -2.42. The minimum atomic E-state index is -7.42. The fourth-order valence-electron chi connectivity index (χ4n) is 1.42. The molecule has 0 aliphatic rings. The molecule has 0 aromatic rings. The molecule has 0 unspecified atom stereocenters. The predicted molar refractivity (Wildman–Crippen MR) is 64.6 cm³/mol. The topological polar surface area (TPSA) is 0 Å². The van der Waals surface area contributed by atoms with E-state index >= 15 is 0 Å². The van der Waals surface area contributed by atoms with Crippen LogP contribution in [0.2, 0.25) is 26.2 Å². The molecule has 0 spiro atoms. The van der Waals surface area contributed by atoms with Crippen LogP contribution >= 0.6 is 0 Å². The van der Waals surface area contributed by atoms with Gasteiger partial charge in [0.1, 0.15) is 17.6 Å². The van der Waals surface area contributed by atoms with Gasteiger partial charge in [-0.2, -0.15) is 35.1 Å². The lowest BCUT2D eigenvalue weighted by molar-refractivity contribution is -0.409. The van der Waals surface area contributed by atoms with E-state index in [-0.39, 0.29) is 0 Å². The molecule has 0 fully saturated rings. The van der Waals surface area contributed by atoms with Crippen molar-refractivity contribution < 1.29 is 52.7 Å². The molecule has 0 rings (SSSR count). The second-order valence-corrected chi connectivity index (χ2v) is 10.7. The van der Waals surface area contributed by atoms with E-state index in [0.717, 1.165) is 0 Å². The highest BCUT2D eigenvalue weighted by Crippen LogP contribution is 2.60. The summed E-state index contributed by atoms with van der Waals surface area (Å²) in [7, 11) is -7.46. The first-order valence-corrected chi connectivity index (χ1v) is 11.0. The van der Waals surface area contributed by atoms with Gasteiger partial charge in [-0.3, -0.25) is 0 Å². The van der Waals surface area contributed by atoms with E-state index in [1.54, 1.807) is 0 Å². The normalized spacial score (nSPS) is 16.2. The Bertz CT molecular complexity index is 415. The van der Waals surface area contributed by atoms with Crippen LogP contribution in [0.4, 0.5) is 52.7 Å². The predicted octanol–water partition coefficient (Wildman–Crippen LogP) is 5.39. The lowest BCUT2D eigenvalue weighted by atomic mass is 9.98. The first-order valence-electron chi connectivity index (χ1n) is 6.02. The number of hydrogen-bond donors (Lipinski definition) is 0. The highest BCUT2D eigenvalue weighted by Gasteiger charge is 2.90. The van der Waals surface area contributed by atoms with Crippen molar-refractivity contribution in [2.24, 2.45) is 0 Å². The molecular weight excluding hydrogens is 404 g/mol. The molecule has 0 aromatic carbocycles. The van der Waals surface area contributed by atoms with Gasteiger partial charge in [0.05, 0.1) is 0 Å². The van der Waals surface area contributed by atoms with Crippen molar-refractivity contribution in [1.29, 1.82) is 0 Å². The highest BCUT2D eigenvalue weighted by atomic mass is 28.3. The minimum Gasteiger partial charge on any atom is -0.205 e. The summed E-state index contributed by atoms with van der Waals surface area (Å²) in [5.41, 5.74) is -11.5. The number of rotatable bonds is 7. The van der Waals surface area contributed by atoms with Crippen LogP contribution in [0, 0.1) is 0 Å². The highest BCUT2D eigenvalue weighted by molar-refractivity contribution is 6.59. The summed E-state index contributed by atoms with van der Waals surface area (Å²) >= 11 is 0. The van der Waals surface area contributed by atoms with Crippen LogP contribution < -0.4 is 0 Å². The Labute approximate surface area is 132 Å². The average molecular weight is 416 g/mol. The van der Waals surface area contributed by atoms with E-state index in [2.05, 4.69) is 0 Å². The first-order chi connectivity index (χ1) is 10.1. The molecule has 0 aromatic heterocycles. The Morgan fingerprint density at radius 1 is 0.375 bits per heavy atom. The molecule has 0 amide bonds. The summed E-state index contributed by atoms with van der Waals surface area (Å²) in [6, 6.07) is 0. The van der Waals surface area contributed by atoms with Crippen molar-refractivity contribution in [3.05, 3.63) is 0 Å². The molecule has 0 aliphatic carbocycles. The maximum absolute atomic E-state index is 13.4.